The quantitative estimate of drug-likeness (QED) is 0.922. The molecule has 0 aromatic heterocycles. The number of aliphatic carboxylic acids is 1. The molecule has 0 bridgehead atoms. The molecular weight excluding hydrogens is 280 g/mol. The summed E-state index contributed by atoms with van der Waals surface area (Å²) in [4.78, 5) is 11.9. The predicted octanol–water partition coefficient (Wildman–Crippen LogP) is 3.64. The van der Waals surface area contributed by atoms with Crippen molar-refractivity contribution in [3.05, 3.63) is 22.7 Å². The van der Waals surface area contributed by atoms with E-state index < -0.39 is 11.4 Å². The van der Waals surface area contributed by atoms with E-state index in [-0.39, 0.29) is 0 Å². The fraction of sp³-hybridized carbons (Fsp3) is 0.533. The van der Waals surface area contributed by atoms with Crippen molar-refractivity contribution in [1.29, 1.82) is 0 Å². The summed E-state index contributed by atoms with van der Waals surface area (Å²) in [7, 11) is 3.05. The summed E-state index contributed by atoms with van der Waals surface area (Å²) in [6.07, 6.45) is 4.11. The summed E-state index contributed by atoms with van der Waals surface area (Å²) in [5.74, 6) is 0.189. The number of halogens is 1. The lowest BCUT2D eigenvalue weighted by Crippen LogP contribution is -2.38. The molecule has 4 nitrogen and oxygen atoms in total. The van der Waals surface area contributed by atoms with Gasteiger partial charge in [0.25, 0.3) is 0 Å². The topological polar surface area (TPSA) is 55.8 Å². The highest BCUT2D eigenvalue weighted by Crippen LogP contribution is 2.46. The van der Waals surface area contributed by atoms with Crippen molar-refractivity contribution in [3.63, 3.8) is 0 Å². The average Bonchev–Trinajstić information content (AvgIpc) is 2.47. The van der Waals surface area contributed by atoms with E-state index in [1.165, 1.54) is 14.2 Å². The van der Waals surface area contributed by atoms with E-state index in [2.05, 4.69) is 0 Å². The number of methoxy groups -OCH3 is 2. The number of carboxylic acids is 1. The van der Waals surface area contributed by atoms with Crippen molar-refractivity contribution in [1.82, 2.24) is 0 Å². The standard InChI is InChI=1S/C15H19ClO4/c1-19-12-9-11(16)13(20-2)8-10(12)15(14(17)18)6-4-3-5-7-15/h8-9H,3-7H2,1-2H3,(H,17,18). The van der Waals surface area contributed by atoms with E-state index >= 15 is 0 Å². The first-order chi connectivity index (χ1) is 9.55. The van der Waals surface area contributed by atoms with Gasteiger partial charge in [-0.25, -0.2) is 0 Å². The van der Waals surface area contributed by atoms with Crippen LogP contribution in [0.2, 0.25) is 5.02 Å². The van der Waals surface area contributed by atoms with Gasteiger partial charge in [0.2, 0.25) is 0 Å². The molecule has 1 aliphatic carbocycles. The highest BCUT2D eigenvalue weighted by molar-refractivity contribution is 6.32. The summed E-state index contributed by atoms with van der Waals surface area (Å²) in [6.45, 7) is 0. The average molecular weight is 299 g/mol. The zero-order valence-corrected chi connectivity index (χ0v) is 12.5. The number of hydrogen-bond donors (Lipinski definition) is 1. The molecule has 1 aliphatic rings. The van der Waals surface area contributed by atoms with Crippen LogP contribution in [0.5, 0.6) is 11.5 Å². The molecule has 0 unspecified atom stereocenters. The molecule has 1 aromatic carbocycles. The second kappa shape index (κ2) is 5.92. The molecule has 110 valence electrons. The molecule has 20 heavy (non-hydrogen) atoms. The van der Waals surface area contributed by atoms with Crippen LogP contribution in [-0.2, 0) is 10.2 Å². The van der Waals surface area contributed by atoms with Crippen LogP contribution in [0.15, 0.2) is 12.1 Å². The minimum absolute atomic E-state index is 0.421. The van der Waals surface area contributed by atoms with Gasteiger partial charge in [0, 0.05) is 11.6 Å². The monoisotopic (exact) mass is 298 g/mol. The summed E-state index contributed by atoms with van der Waals surface area (Å²) < 4.78 is 10.6. The first-order valence-electron chi connectivity index (χ1n) is 6.70. The van der Waals surface area contributed by atoms with Crippen molar-refractivity contribution >= 4 is 17.6 Å². The summed E-state index contributed by atoms with van der Waals surface area (Å²) in [5, 5.41) is 10.2. The fourth-order valence-corrected chi connectivity index (χ4v) is 3.22. The Morgan fingerprint density at radius 3 is 2.25 bits per heavy atom. The van der Waals surface area contributed by atoms with Crippen LogP contribution in [0.3, 0.4) is 0 Å². The molecule has 1 fully saturated rings. The van der Waals surface area contributed by atoms with E-state index in [9.17, 15) is 9.90 Å². The van der Waals surface area contributed by atoms with Gasteiger partial charge >= 0.3 is 5.97 Å². The third kappa shape index (κ3) is 2.44. The van der Waals surface area contributed by atoms with Crippen molar-refractivity contribution in [3.8, 4) is 11.5 Å². The van der Waals surface area contributed by atoms with Gasteiger partial charge in [0.1, 0.15) is 11.5 Å². The van der Waals surface area contributed by atoms with Gasteiger partial charge in [-0.15, -0.1) is 0 Å². The van der Waals surface area contributed by atoms with Gasteiger partial charge in [-0.05, 0) is 18.9 Å². The smallest absolute Gasteiger partial charge is 0.314 e. The lowest BCUT2D eigenvalue weighted by Gasteiger charge is -2.34. The maximum absolute atomic E-state index is 11.9. The van der Waals surface area contributed by atoms with E-state index in [0.29, 0.717) is 34.9 Å². The van der Waals surface area contributed by atoms with E-state index in [0.717, 1.165) is 19.3 Å². The number of ether oxygens (including phenoxy) is 2. The minimum Gasteiger partial charge on any atom is -0.496 e. The maximum Gasteiger partial charge on any atom is 0.314 e. The second-order valence-electron chi connectivity index (χ2n) is 5.13. The molecule has 2 rings (SSSR count). The Kier molecular flexibility index (Phi) is 4.43. The first-order valence-corrected chi connectivity index (χ1v) is 7.08. The Hall–Kier alpha value is -1.42. The third-order valence-corrected chi connectivity index (χ3v) is 4.40. The molecule has 0 spiro atoms. The Balaban J connectivity index is 2.60. The molecular formula is C15H19ClO4. The van der Waals surface area contributed by atoms with Gasteiger partial charge in [-0.1, -0.05) is 30.9 Å². The lowest BCUT2D eigenvalue weighted by molar-refractivity contribution is -0.145. The zero-order valence-electron chi connectivity index (χ0n) is 11.7. The van der Waals surface area contributed by atoms with Crippen LogP contribution in [0, 0.1) is 0 Å². The van der Waals surface area contributed by atoms with Gasteiger partial charge < -0.3 is 14.6 Å². The van der Waals surface area contributed by atoms with Gasteiger partial charge in [0.15, 0.2) is 0 Å². The highest BCUT2D eigenvalue weighted by Gasteiger charge is 2.43. The second-order valence-corrected chi connectivity index (χ2v) is 5.54. The largest absolute Gasteiger partial charge is 0.496 e. The number of rotatable bonds is 4. The predicted molar refractivity (Wildman–Crippen MR) is 77.0 cm³/mol. The Morgan fingerprint density at radius 2 is 1.75 bits per heavy atom. The number of carbonyl (C=O) groups is 1. The SMILES string of the molecule is COc1cc(C2(C(=O)O)CCCCC2)c(OC)cc1Cl. The van der Waals surface area contributed by atoms with Crippen molar-refractivity contribution < 1.29 is 19.4 Å². The molecule has 0 amide bonds. The minimum atomic E-state index is -0.901. The molecule has 1 aromatic rings. The van der Waals surface area contributed by atoms with Crippen LogP contribution in [0.25, 0.3) is 0 Å². The number of hydrogen-bond acceptors (Lipinski definition) is 3. The maximum atomic E-state index is 11.9. The molecule has 0 saturated heterocycles. The Bertz CT molecular complexity index is 507. The van der Waals surface area contributed by atoms with Crippen molar-refractivity contribution in [2.75, 3.05) is 14.2 Å². The molecule has 0 heterocycles. The first kappa shape index (κ1) is 15.0. The van der Waals surface area contributed by atoms with Gasteiger partial charge in [-0.2, -0.15) is 0 Å². The molecule has 0 atom stereocenters. The van der Waals surface area contributed by atoms with Gasteiger partial charge in [0.05, 0.1) is 24.7 Å². The molecule has 1 saturated carbocycles. The lowest BCUT2D eigenvalue weighted by atomic mass is 9.69. The van der Waals surface area contributed by atoms with E-state index in [1.54, 1.807) is 12.1 Å². The number of carboxylic acid groups (broad SMARTS) is 1. The van der Waals surface area contributed by atoms with Crippen LogP contribution < -0.4 is 9.47 Å². The highest BCUT2D eigenvalue weighted by atomic mass is 35.5. The summed E-state index contributed by atoms with van der Waals surface area (Å²) in [6, 6.07) is 3.34. The van der Waals surface area contributed by atoms with Crippen LogP contribution in [0.1, 0.15) is 37.7 Å². The van der Waals surface area contributed by atoms with Gasteiger partial charge in [-0.3, -0.25) is 4.79 Å². The third-order valence-electron chi connectivity index (χ3n) is 4.11. The van der Waals surface area contributed by atoms with Crippen LogP contribution in [-0.4, -0.2) is 25.3 Å². The van der Waals surface area contributed by atoms with Crippen molar-refractivity contribution in [2.24, 2.45) is 0 Å². The Morgan fingerprint density at radius 1 is 1.15 bits per heavy atom. The van der Waals surface area contributed by atoms with E-state index in [1.807, 2.05) is 0 Å². The van der Waals surface area contributed by atoms with Crippen LogP contribution in [0.4, 0.5) is 0 Å². The van der Waals surface area contributed by atoms with Crippen molar-refractivity contribution in [2.45, 2.75) is 37.5 Å². The normalized spacial score (nSPS) is 17.6. The van der Waals surface area contributed by atoms with E-state index in [4.69, 9.17) is 21.1 Å². The molecule has 0 aliphatic heterocycles. The molecule has 0 radical (unpaired) electrons. The zero-order chi connectivity index (χ0) is 14.8. The molecule has 1 N–H and O–H groups in total. The summed E-state index contributed by atoms with van der Waals surface area (Å²) >= 11 is 6.09. The molecule has 5 heteroatoms. The van der Waals surface area contributed by atoms with Crippen LogP contribution >= 0.6 is 11.6 Å². The fourth-order valence-electron chi connectivity index (χ4n) is 2.99. The Labute approximate surface area is 123 Å². The number of benzene rings is 1. The summed E-state index contributed by atoms with van der Waals surface area (Å²) in [5.41, 5.74) is -0.241.